The van der Waals surface area contributed by atoms with Crippen molar-refractivity contribution in [3.63, 3.8) is 0 Å². The van der Waals surface area contributed by atoms with Crippen LogP contribution in [0.1, 0.15) is 11.7 Å². The number of para-hydroxylation sites is 1. The Kier molecular flexibility index (Phi) is 3.50. The molecule has 1 aliphatic rings. The van der Waals surface area contributed by atoms with E-state index in [1.807, 2.05) is 30.3 Å². The summed E-state index contributed by atoms with van der Waals surface area (Å²) < 4.78 is 16.2. The number of aliphatic carboxylic acids is 1. The largest absolute Gasteiger partial charge is 0.493 e. The van der Waals surface area contributed by atoms with Gasteiger partial charge in [0.2, 0.25) is 0 Å². The number of carboxylic acids is 1. The van der Waals surface area contributed by atoms with Gasteiger partial charge in [0, 0.05) is 0 Å². The molecular weight excluding hydrogens is 272 g/mol. The lowest BCUT2D eigenvalue weighted by Crippen LogP contribution is -2.05. The van der Waals surface area contributed by atoms with Gasteiger partial charge < -0.3 is 19.3 Å². The highest BCUT2D eigenvalue weighted by atomic mass is 16.6. The van der Waals surface area contributed by atoms with Crippen LogP contribution in [0.2, 0.25) is 0 Å². The van der Waals surface area contributed by atoms with Gasteiger partial charge >= 0.3 is 5.97 Å². The third-order valence-electron chi connectivity index (χ3n) is 3.22. The van der Waals surface area contributed by atoms with E-state index in [0.717, 1.165) is 5.56 Å². The normalized spacial score (nSPS) is 19.9. The fraction of sp³-hybridized carbons (Fsp3) is 0.188. The van der Waals surface area contributed by atoms with Crippen molar-refractivity contribution >= 4 is 5.97 Å². The van der Waals surface area contributed by atoms with Crippen LogP contribution in [0.3, 0.4) is 0 Å². The van der Waals surface area contributed by atoms with E-state index >= 15 is 0 Å². The lowest BCUT2D eigenvalue weighted by molar-refractivity contribution is -0.138. The van der Waals surface area contributed by atoms with Crippen LogP contribution in [-0.2, 0) is 9.53 Å². The number of hydrogen-bond donors (Lipinski definition) is 1. The monoisotopic (exact) mass is 286 g/mol. The SMILES string of the molecule is COc1ccc([C@@H]2O[C@H]2C(=O)O)cc1Oc1ccccc1. The molecule has 0 aliphatic carbocycles. The van der Waals surface area contributed by atoms with E-state index in [2.05, 4.69) is 0 Å². The van der Waals surface area contributed by atoms with E-state index in [4.69, 9.17) is 19.3 Å². The first-order chi connectivity index (χ1) is 10.2. The number of epoxide rings is 1. The van der Waals surface area contributed by atoms with Crippen molar-refractivity contribution < 1.29 is 24.1 Å². The summed E-state index contributed by atoms with van der Waals surface area (Å²) in [5.41, 5.74) is 0.758. The average molecular weight is 286 g/mol. The third-order valence-corrected chi connectivity index (χ3v) is 3.22. The molecule has 5 nitrogen and oxygen atoms in total. The van der Waals surface area contributed by atoms with Crippen molar-refractivity contribution in [2.24, 2.45) is 0 Å². The Labute approximate surface area is 121 Å². The van der Waals surface area contributed by atoms with Gasteiger partial charge in [-0.2, -0.15) is 0 Å². The molecule has 0 unspecified atom stereocenters. The number of hydrogen-bond acceptors (Lipinski definition) is 4. The highest BCUT2D eigenvalue weighted by Crippen LogP contribution is 2.42. The van der Waals surface area contributed by atoms with Gasteiger partial charge in [0.15, 0.2) is 17.6 Å². The summed E-state index contributed by atoms with van der Waals surface area (Å²) >= 11 is 0. The Morgan fingerprint density at radius 3 is 2.52 bits per heavy atom. The first-order valence-electron chi connectivity index (χ1n) is 6.48. The summed E-state index contributed by atoms with van der Waals surface area (Å²) in [7, 11) is 1.56. The van der Waals surface area contributed by atoms with Crippen molar-refractivity contribution in [2.75, 3.05) is 7.11 Å². The molecule has 0 amide bonds. The Bertz CT molecular complexity index is 653. The number of rotatable bonds is 5. The molecule has 0 spiro atoms. The van der Waals surface area contributed by atoms with Crippen LogP contribution in [0, 0.1) is 0 Å². The molecule has 1 aliphatic heterocycles. The fourth-order valence-corrected chi connectivity index (χ4v) is 2.12. The third kappa shape index (κ3) is 2.83. The highest BCUT2D eigenvalue weighted by molar-refractivity contribution is 5.76. The van der Waals surface area contributed by atoms with Gasteiger partial charge in [-0.3, -0.25) is 0 Å². The topological polar surface area (TPSA) is 68.3 Å². The summed E-state index contributed by atoms with van der Waals surface area (Å²) in [4.78, 5) is 10.9. The van der Waals surface area contributed by atoms with Crippen molar-refractivity contribution in [3.05, 3.63) is 54.1 Å². The minimum atomic E-state index is -0.957. The number of carbonyl (C=O) groups is 1. The van der Waals surface area contributed by atoms with Gasteiger partial charge in [-0.1, -0.05) is 24.3 Å². The van der Waals surface area contributed by atoms with Gasteiger partial charge in [-0.15, -0.1) is 0 Å². The maximum atomic E-state index is 10.9. The summed E-state index contributed by atoms with van der Waals surface area (Å²) in [6, 6.07) is 14.6. The zero-order chi connectivity index (χ0) is 14.8. The molecule has 0 bridgehead atoms. The van der Waals surface area contributed by atoms with E-state index in [9.17, 15) is 4.79 Å². The molecule has 0 aromatic heterocycles. The summed E-state index contributed by atoms with van der Waals surface area (Å²) in [5, 5.41) is 8.91. The molecule has 2 atom stereocenters. The maximum absolute atomic E-state index is 10.9. The molecule has 1 fully saturated rings. The molecule has 3 rings (SSSR count). The lowest BCUT2D eigenvalue weighted by atomic mass is 10.1. The molecule has 2 aromatic carbocycles. The Morgan fingerprint density at radius 2 is 1.90 bits per heavy atom. The highest BCUT2D eigenvalue weighted by Gasteiger charge is 2.46. The zero-order valence-corrected chi connectivity index (χ0v) is 11.4. The Balaban J connectivity index is 1.86. The van der Waals surface area contributed by atoms with Gasteiger partial charge in [0.1, 0.15) is 11.9 Å². The second-order valence-corrected chi connectivity index (χ2v) is 4.64. The van der Waals surface area contributed by atoms with E-state index in [-0.39, 0.29) is 0 Å². The predicted molar refractivity (Wildman–Crippen MR) is 74.8 cm³/mol. The summed E-state index contributed by atoms with van der Waals surface area (Å²) in [6.07, 6.45) is -1.20. The molecule has 1 heterocycles. The van der Waals surface area contributed by atoms with Gasteiger partial charge in [-0.25, -0.2) is 4.79 Å². The van der Waals surface area contributed by atoms with Crippen molar-refractivity contribution in [1.82, 2.24) is 0 Å². The van der Waals surface area contributed by atoms with Crippen LogP contribution < -0.4 is 9.47 Å². The predicted octanol–water partition coefficient (Wildman–Crippen LogP) is 3.01. The van der Waals surface area contributed by atoms with Crippen LogP contribution in [0.15, 0.2) is 48.5 Å². The van der Waals surface area contributed by atoms with Gasteiger partial charge in [0.25, 0.3) is 0 Å². The van der Waals surface area contributed by atoms with Crippen LogP contribution in [0.5, 0.6) is 17.2 Å². The lowest BCUT2D eigenvalue weighted by Gasteiger charge is -2.11. The molecule has 0 saturated carbocycles. The molecule has 5 heteroatoms. The summed E-state index contributed by atoms with van der Waals surface area (Å²) in [6.45, 7) is 0. The standard InChI is InChI=1S/C16H14O5/c1-19-12-8-7-10(14-15(21-14)16(17)18)9-13(12)20-11-5-3-2-4-6-11/h2-9,14-15H,1H3,(H,17,18)/t14-,15+/m0/s1. The molecular formula is C16H14O5. The van der Waals surface area contributed by atoms with Crippen LogP contribution in [-0.4, -0.2) is 24.3 Å². The number of benzene rings is 2. The first kappa shape index (κ1) is 13.5. The molecule has 108 valence electrons. The average Bonchev–Trinajstić information content (AvgIpc) is 3.29. The van der Waals surface area contributed by atoms with Crippen LogP contribution >= 0.6 is 0 Å². The molecule has 1 N–H and O–H groups in total. The Hall–Kier alpha value is -2.53. The smallest absolute Gasteiger partial charge is 0.335 e. The minimum Gasteiger partial charge on any atom is -0.493 e. The van der Waals surface area contributed by atoms with E-state index in [1.54, 1.807) is 25.3 Å². The number of ether oxygens (including phenoxy) is 3. The molecule has 21 heavy (non-hydrogen) atoms. The molecule has 1 saturated heterocycles. The van der Waals surface area contributed by atoms with Gasteiger partial charge in [-0.05, 0) is 29.8 Å². The number of carboxylic acid groups (broad SMARTS) is 1. The van der Waals surface area contributed by atoms with Crippen LogP contribution in [0.4, 0.5) is 0 Å². The van der Waals surface area contributed by atoms with Crippen LogP contribution in [0.25, 0.3) is 0 Å². The van der Waals surface area contributed by atoms with E-state index in [1.165, 1.54) is 0 Å². The zero-order valence-electron chi connectivity index (χ0n) is 11.4. The van der Waals surface area contributed by atoms with Gasteiger partial charge in [0.05, 0.1) is 7.11 Å². The van der Waals surface area contributed by atoms with E-state index in [0.29, 0.717) is 17.2 Å². The molecule has 2 aromatic rings. The van der Waals surface area contributed by atoms with Crippen molar-refractivity contribution in [1.29, 1.82) is 0 Å². The second-order valence-electron chi connectivity index (χ2n) is 4.64. The molecule has 0 radical (unpaired) electrons. The fourth-order valence-electron chi connectivity index (χ4n) is 2.12. The minimum absolute atomic E-state index is 0.425. The van der Waals surface area contributed by atoms with E-state index < -0.39 is 18.2 Å². The van der Waals surface area contributed by atoms with Crippen molar-refractivity contribution in [3.8, 4) is 17.2 Å². The number of methoxy groups -OCH3 is 1. The van der Waals surface area contributed by atoms with Crippen molar-refractivity contribution in [2.45, 2.75) is 12.2 Å². The quantitative estimate of drug-likeness (QED) is 0.856. The Morgan fingerprint density at radius 1 is 1.14 bits per heavy atom. The second kappa shape index (κ2) is 5.46. The maximum Gasteiger partial charge on any atom is 0.335 e. The summed E-state index contributed by atoms with van der Waals surface area (Å²) in [5.74, 6) is 0.830. The first-order valence-corrected chi connectivity index (χ1v) is 6.48.